The highest BCUT2D eigenvalue weighted by atomic mass is 16.2. The summed E-state index contributed by atoms with van der Waals surface area (Å²) in [7, 11) is 0. The molecule has 0 aromatic heterocycles. The zero-order valence-corrected chi connectivity index (χ0v) is 14.0. The molecule has 4 nitrogen and oxygen atoms in total. The van der Waals surface area contributed by atoms with Gasteiger partial charge in [0.2, 0.25) is 5.91 Å². The van der Waals surface area contributed by atoms with Gasteiger partial charge in [0.25, 0.3) is 5.91 Å². The Labute approximate surface area is 138 Å². The van der Waals surface area contributed by atoms with Crippen molar-refractivity contribution in [3.8, 4) is 0 Å². The van der Waals surface area contributed by atoms with Crippen molar-refractivity contribution >= 4 is 11.8 Å². The number of rotatable bonds is 2. The maximum Gasteiger partial charge on any atom is 0.253 e. The summed E-state index contributed by atoms with van der Waals surface area (Å²) >= 11 is 0. The predicted molar refractivity (Wildman–Crippen MR) is 90.2 cm³/mol. The zero-order valence-electron chi connectivity index (χ0n) is 14.0. The fraction of sp³-hybridized carbons (Fsp3) is 0.579. The van der Waals surface area contributed by atoms with Crippen molar-refractivity contribution in [2.45, 2.75) is 39.0 Å². The molecule has 23 heavy (non-hydrogen) atoms. The van der Waals surface area contributed by atoms with Crippen LogP contribution >= 0.6 is 0 Å². The quantitative estimate of drug-likeness (QED) is 0.842. The third-order valence-corrected chi connectivity index (χ3v) is 5.10. The van der Waals surface area contributed by atoms with E-state index in [9.17, 15) is 9.59 Å². The van der Waals surface area contributed by atoms with Crippen molar-refractivity contribution < 1.29 is 9.59 Å². The van der Waals surface area contributed by atoms with Crippen LogP contribution in [-0.4, -0.2) is 47.8 Å². The second kappa shape index (κ2) is 7.16. The van der Waals surface area contributed by atoms with E-state index in [1.54, 1.807) is 0 Å². The first-order chi connectivity index (χ1) is 11.1. The van der Waals surface area contributed by atoms with Gasteiger partial charge in [0.1, 0.15) is 0 Å². The van der Waals surface area contributed by atoms with E-state index in [1.807, 2.05) is 41.0 Å². The molecule has 124 valence electrons. The van der Waals surface area contributed by atoms with Crippen LogP contribution in [-0.2, 0) is 4.79 Å². The normalized spacial score (nSPS) is 19.7. The monoisotopic (exact) mass is 314 g/mol. The molecular weight excluding hydrogens is 288 g/mol. The van der Waals surface area contributed by atoms with E-state index in [4.69, 9.17) is 0 Å². The summed E-state index contributed by atoms with van der Waals surface area (Å²) in [5.41, 5.74) is 1.85. The van der Waals surface area contributed by atoms with Crippen LogP contribution in [0, 0.1) is 12.8 Å². The summed E-state index contributed by atoms with van der Waals surface area (Å²) in [6.07, 6.45) is 5.72. The number of nitrogens with zero attached hydrogens (tertiary/aromatic N) is 2. The third-order valence-electron chi connectivity index (χ3n) is 5.10. The molecule has 1 saturated heterocycles. The number of hydrogen-bond donors (Lipinski definition) is 0. The Morgan fingerprint density at radius 3 is 2.26 bits per heavy atom. The fourth-order valence-corrected chi connectivity index (χ4v) is 3.70. The van der Waals surface area contributed by atoms with Crippen molar-refractivity contribution in [3.63, 3.8) is 0 Å². The molecule has 0 bridgehead atoms. The van der Waals surface area contributed by atoms with Crippen LogP contribution in [0.2, 0.25) is 0 Å². The average molecular weight is 314 g/mol. The number of amides is 2. The highest BCUT2D eigenvalue weighted by molar-refractivity contribution is 5.94. The molecule has 0 N–H and O–H groups in total. The van der Waals surface area contributed by atoms with E-state index >= 15 is 0 Å². The minimum atomic E-state index is 0.0819. The van der Waals surface area contributed by atoms with Gasteiger partial charge < -0.3 is 9.80 Å². The maximum atomic E-state index is 12.6. The van der Waals surface area contributed by atoms with Gasteiger partial charge in [-0.15, -0.1) is 0 Å². The lowest BCUT2D eigenvalue weighted by molar-refractivity contribution is -0.138. The molecule has 1 saturated carbocycles. The van der Waals surface area contributed by atoms with Crippen LogP contribution in [0.15, 0.2) is 24.3 Å². The Morgan fingerprint density at radius 2 is 1.61 bits per heavy atom. The molecule has 1 aliphatic heterocycles. The second-order valence-electron chi connectivity index (χ2n) is 6.82. The Hall–Kier alpha value is -1.84. The maximum absolute atomic E-state index is 12.6. The minimum Gasteiger partial charge on any atom is -0.339 e. The van der Waals surface area contributed by atoms with E-state index in [1.165, 1.54) is 19.3 Å². The summed E-state index contributed by atoms with van der Waals surface area (Å²) < 4.78 is 0. The Kier molecular flexibility index (Phi) is 4.99. The van der Waals surface area contributed by atoms with Gasteiger partial charge >= 0.3 is 0 Å². The lowest BCUT2D eigenvalue weighted by Gasteiger charge is -2.37. The van der Waals surface area contributed by atoms with Gasteiger partial charge in [-0.3, -0.25) is 9.59 Å². The molecular formula is C19H26N2O2. The van der Waals surface area contributed by atoms with Gasteiger partial charge in [0, 0.05) is 37.7 Å². The number of aryl methyl sites for hydroxylation is 1. The van der Waals surface area contributed by atoms with Gasteiger partial charge in [0.05, 0.1) is 0 Å². The number of piperazine rings is 1. The highest BCUT2D eigenvalue weighted by Gasteiger charge is 2.29. The topological polar surface area (TPSA) is 40.6 Å². The minimum absolute atomic E-state index is 0.0819. The van der Waals surface area contributed by atoms with Gasteiger partial charge in [-0.05, 0) is 31.9 Å². The summed E-state index contributed by atoms with van der Waals surface area (Å²) in [5.74, 6) is 0.619. The standard InChI is InChI=1S/C19H26N2O2/c1-15-6-5-9-17(14-15)19(23)21-12-10-20(11-13-21)18(22)16-7-3-2-4-8-16/h5-6,9,14,16H,2-4,7-8,10-13H2,1H3. The number of hydrogen-bond acceptors (Lipinski definition) is 2. The Bertz CT molecular complexity index is 570. The summed E-state index contributed by atoms with van der Waals surface area (Å²) in [5, 5.41) is 0. The molecule has 2 amide bonds. The first kappa shape index (κ1) is 16.0. The molecule has 1 heterocycles. The van der Waals surface area contributed by atoms with Crippen LogP contribution in [0.1, 0.15) is 48.0 Å². The van der Waals surface area contributed by atoms with Crippen molar-refractivity contribution in [2.24, 2.45) is 5.92 Å². The van der Waals surface area contributed by atoms with Crippen LogP contribution in [0.5, 0.6) is 0 Å². The smallest absolute Gasteiger partial charge is 0.253 e. The van der Waals surface area contributed by atoms with E-state index in [0.29, 0.717) is 32.1 Å². The predicted octanol–water partition coefficient (Wildman–Crippen LogP) is 2.86. The lowest BCUT2D eigenvalue weighted by Crippen LogP contribution is -2.52. The van der Waals surface area contributed by atoms with Crippen molar-refractivity contribution in [1.82, 2.24) is 9.80 Å². The second-order valence-corrected chi connectivity index (χ2v) is 6.82. The van der Waals surface area contributed by atoms with Crippen molar-refractivity contribution in [3.05, 3.63) is 35.4 Å². The van der Waals surface area contributed by atoms with Crippen molar-refractivity contribution in [2.75, 3.05) is 26.2 Å². The van der Waals surface area contributed by atoms with Gasteiger partial charge in [-0.1, -0.05) is 37.0 Å². The molecule has 4 heteroatoms. The SMILES string of the molecule is Cc1cccc(C(=O)N2CCN(C(=O)C3CCCCC3)CC2)c1. The van der Waals surface area contributed by atoms with Crippen LogP contribution in [0.25, 0.3) is 0 Å². The summed E-state index contributed by atoms with van der Waals surface area (Å²) in [6, 6.07) is 7.72. The number of carbonyl (C=O) groups excluding carboxylic acids is 2. The molecule has 0 spiro atoms. The fourth-order valence-electron chi connectivity index (χ4n) is 3.70. The molecule has 1 aromatic rings. The van der Waals surface area contributed by atoms with Gasteiger partial charge in [0.15, 0.2) is 0 Å². The number of benzene rings is 1. The molecule has 1 aromatic carbocycles. The third kappa shape index (κ3) is 3.74. The molecule has 1 aliphatic carbocycles. The highest BCUT2D eigenvalue weighted by Crippen LogP contribution is 2.26. The summed E-state index contributed by atoms with van der Waals surface area (Å²) in [6.45, 7) is 4.63. The van der Waals surface area contributed by atoms with Gasteiger partial charge in [-0.25, -0.2) is 0 Å². The molecule has 0 atom stereocenters. The lowest BCUT2D eigenvalue weighted by atomic mass is 9.88. The van der Waals surface area contributed by atoms with Crippen LogP contribution in [0.3, 0.4) is 0 Å². The molecule has 0 unspecified atom stereocenters. The largest absolute Gasteiger partial charge is 0.339 e. The Balaban J connectivity index is 1.55. The zero-order chi connectivity index (χ0) is 16.2. The number of carbonyl (C=O) groups is 2. The molecule has 0 radical (unpaired) electrons. The van der Waals surface area contributed by atoms with Crippen molar-refractivity contribution in [1.29, 1.82) is 0 Å². The van der Waals surface area contributed by atoms with E-state index in [-0.39, 0.29) is 11.8 Å². The van der Waals surface area contributed by atoms with Crippen LogP contribution < -0.4 is 0 Å². The van der Waals surface area contributed by atoms with E-state index in [2.05, 4.69) is 0 Å². The average Bonchev–Trinajstić information content (AvgIpc) is 2.61. The van der Waals surface area contributed by atoms with Crippen LogP contribution in [0.4, 0.5) is 0 Å². The van der Waals surface area contributed by atoms with Gasteiger partial charge in [-0.2, -0.15) is 0 Å². The summed E-state index contributed by atoms with van der Waals surface area (Å²) in [4.78, 5) is 29.0. The molecule has 3 rings (SSSR count). The first-order valence-corrected chi connectivity index (χ1v) is 8.80. The Morgan fingerprint density at radius 1 is 0.957 bits per heavy atom. The molecule has 2 fully saturated rings. The first-order valence-electron chi connectivity index (χ1n) is 8.80. The van der Waals surface area contributed by atoms with E-state index in [0.717, 1.165) is 24.0 Å². The molecule has 2 aliphatic rings. The van der Waals surface area contributed by atoms with E-state index < -0.39 is 0 Å².